The van der Waals surface area contributed by atoms with E-state index >= 15 is 0 Å². The van der Waals surface area contributed by atoms with E-state index in [1.807, 2.05) is 0 Å². The fourth-order valence-electron chi connectivity index (χ4n) is 3.02. The molecule has 1 amide bonds. The average Bonchev–Trinajstić information content (AvgIpc) is 2.40. The van der Waals surface area contributed by atoms with E-state index in [9.17, 15) is 9.59 Å². The summed E-state index contributed by atoms with van der Waals surface area (Å²) in [6, 6.07) is 0. The van der Waals surface area contributed by atoms with Gasteiger partial charge in [-0.05, 0) is 29.6 Å². The Bertz CT molecular complexity index is 347. The van der Waals surface area contributed by atoms with E-state index in [4.69, 9.17) is 5.73 Å². The highest BCUT2D eigenvalue weighted by Crippen LogP contribution is 2.44. The number of aldehydes is 1. The number of rotatable bonds is 10. The second-order valence-corrected chi connectivity index (χ2v) is 7.86. The van der Waals surface area contributed by atoms with Gasteiger partial charge in [-0.25, -0.2) is 0 Å². The maximum atomic E-state index is 11.7. The maximum absolute atomic E-state index is 11.7. The predicted octanol–water partition coefficient (Wildman–Crippen LogP) is 4.19. The summed E-state index contributed by atoms with van der Waals surface area (Å²) in [4.78, 5) is 23.3. The van der Waals surface area contributed by atoms with Crippen LogP contribution in [0.4, 0.5) is 0 Å². The Hall–Kier alpha value is -0.860. The summed E-state index contributed by atoms with van der Waals surface area (Å²) < 4.78 is 0. The van der Waals surface area contributed by atoms with Crippen molar-refractivity contribution in [1.29, 1.82) is 0 Å². The van der Waals surface area contributed by atoms with E-state index in [2.05, 4.69) is 48.5 Å². The molecular formula is C18H35NO2. The molecule has 3 atom stereocenters. The lowest BCUT2D eigenvalue weighted by atomic mass is 9.63. The maximum Gasteiger partial charge on any atom is 0.220 e. The third-order valence-corrected chi connectivity index (χ3v) is 5.63. The molecule has 0 aliphatic carbocycles. The SMILES string of the molecule is CCCC(C(N)=O)C(C)C(C)(C)CC(C=O)C(C)(C)CC. The fraction of sp³-hybridized carbons (Fsp3) is 0.889. The molecule has 0 saturated heterocycles. The van der Waals surface area contributed by atoms with Gasteiger partial charge in [0.05, 0.1) is 0 Å². The number of carbonyl (C=O) groups excluding carboxylic acids is 2. The molecule has 0 bridgehead atoms. The molecule has 0 aliphatic heterocycles. The normalized spacial score (nSPS) is 17.1. The van der Waals surface area contributed by atoms with Crippen LogP contribution in [0.2, 0.25) is 0 Å². The first-order valence-electron chi connectivity index (χ1n) is 8.28. The molecule has 0 aromatic rings. The third-order valence-electron chi connectivity index (χ3n) is 5.63. The summed E-state index contributed by atoms with van der Waals surface area (Å²) >= 11 is 0. The number of hydrogen-bond acceptors (Lipinski definition) is 2. The number of hydrogen-bond donors (Lipinski definition) is 1. The smallest absolute Gasteiger partial charge is 0.220 e. The van der Waals surface area contributed by atoms with Gasteiger partial charge in [0.15, 0.2) is 0 Å². The summed E-state index contributed by atoms with van der Waals surface area (Å²) in [6.45, 7) is 14.9. The van der Waals surface area contributed by atoms with E-state index in [0.29, 0.717) is 0 Å². The molecule has 0 aliphatic rings. The van der Waals surface area contributed by atoms with Crippen molar-refractivity contribution in [2.45, 2.75) is 74.1 Å². The zero-order chi connectivity index (χ0) is 16.8. The summed E-state index contributed by atoms with van der Waals surface area (Å²) in [5.41, 5.74) is 5.49. The molecule has 124 valence electrons. The van der Waals surface area contributed by atoms with Crippen molar-refractivity contribution in [2.24, 2.45) is 34.3 Å². The molecule has 3 heteroatoms. The first-order valence-corrected chi connectivity index (χ1v) is 8.28. The van der Waals surface area contributed by atoms with Gasteiger partial charge in [0.2, 0.25) is 5.91 Å². The van der Waals surface area contributed by atoms with E-state index in [1.54, 1.807) is 0 Å². The fourth-order valence-corrected chi connectivity index (χ4v) is 3.02. The highest BCUT2D eigenvalue weighted by atomic mass is 16.1. The van der Waals surface area contributed by atoms with Crippen LogP contribution < -0.4 is 5.73 Å². The molecule has 21 heavy (non-hydrogen) atoms. The second kappa shape index (κ2) is 7.95. The minimum Gasteiger partial charge on any atom is -0.369 e. The standard InChI is InChI=1S/C18H35NO2/c1-8-10-15(16(19)21)13(3)18(6,7)11-14(12-20)17(4,5)9-2/h12-15H,8-11H2,1-7H3,(H2,19,21). The van der Waals surface area contributed by atoms with Crippen LogP contribution in [0.3, 0.4) is 0 Å². The van der Waals surface area contributed by atoms with Crippen LogP contribution in [-0.2, 0) is 9.59 Å². The molecule has 0 aromatic heterocycles. The zero-order valence-corrected chi connectivity index (χ0v) is 15.0. The minimum atomic E-state index is -0.213. The third kappa shape index (κ3) is 5.44. The lowest BCUT2D eigenvalue weighted by Gasteiger charge is -2.41. The van der Waals surface area contributed by atoms with Crippen LogP contribution >= 0.6 is 0 Å². The lowest BCUT2D eigenvalue weighted by molar-refractivity contribution is -0.125. The number of nitrogens with two attached hydrogens (primary N) is 1. The first kappa shape index (κ1) is 20.1. The summed E-state index contributed by atoms with van der Waals surface area (Å²) in [5, 5.41) is 0. The van der Waals surface area contributed by atoms with Crippen LogP contribution in [0.15, 0.2) is 0 Å². The Balaban J connectivity index is 5.17. The van der Waals surface area contributed by atoms with E-state index in [0.717, 1.165) is 32.0 Å². The predicted molar refractivity (Wildman–Crippen MR) is 88.8 cm³/mol. The monoisotopic (exact) mass is 297 g/mol. The summed E-state index contributed by atoms with van der Waals surface area (Å²) in [5.74, 6) is -0.142. The van der Waals surface area contributed by atoms with Gasteiger partial charge in [-0.15, -0.1) is 0 Å². The van der Waals surface area contributed by atoms with Gasteiger partial charge < -0.3 is 10.5 Å². The van der Waals surface area contributed by atoms with Crippen molar-refractivity contribution in [1.82, 2.24) is 0 Å². The largest absolute Gasteiger partial charge is 0.369 e. The van der Waals surface area contributed by atoms with E-state index < -0.39 is 0 Å². The molecule has 0 radical (unpaired) electrons. The van der Waals surface area contributed by atoms with Crippen LogP contribution in [0.5, 0.6) is 0 Å². The van der Waals surface area contributed by atoms with Crippen LogP contribution in [-0.4, -0.2) is 12.2 Å². The number of primary amides is 1. The van der Waals surface area contributed by atoms with Crippen molar-refractivity contribution in [3.8, 4) is 0 Å². The Kier molecular flexibility index (Phi) is 7.63. The second-order valence-electron chi connectivity index (χ2n) is 7.86. The molecule has 3 unspecified atom stereocenters. The van der Waals surface area contributed by atoms with Crippen molar-refractivity contribution in [2.75, 3.05) is 0 Å². The first-order chi connectivity index (χ1) is 9.53. The molecule has 0 aromatic carbocycles. The zero-order valence-electron chi connectivity index (χ0n) is 15.0. The topological polar surface area (TPSA) is 60.2 Å². The van der Waals surface area contributed by atoms with Gasteiger partial charge in [-0.2, -0.15) is 0 Å². The minimum absolute atomic E-state index is 0.00822. The van der Waals surface area contributed by atoms with Crippen LogP contribution in [0, 0.1) is 28.6 Å². The van der Waals surface area contributed by atoms with Crippen molar-refractivity contribution in [3.63, 3.8) is 0 Å². The Morgan fingerprint density at radius 2 is 1.67 bits per heavy atom. The highest BCUT2D eigenvalue weighted by molar-refractivity contribution is 5.77. The molecule has 2 N–H and O–H groups in total. The van der Waals surface area contributed by atoms with Gasteiger partial charge in [0.25, 0.3) is 0 Å². The lowest BCUT2D eigenvalue weighted by Crippen LogP contribution is -2.39. The van der Waals surface area contributed by atoms with E-state index in [-0.39, 0.29) is 34.5 Å². The van der Waals surface area contributed by atoms with Crippen LogP contribution in [0.25, 0.3) is 0 Å². The van der Waals surface area contributed by atoms with Crippen molar-refractivity contribution < 1.29 is 9.59 Å². The van der Waals surface area contributed by atoms with Gasteiger partial charge >= 0.3 is 0 Å². The van der Waals surface area contributed by atoms with Crippen molar-refractivity contribution in [3.05, 3.63) is 0 Å². The van der Waals surface area contributed by atoms with Crippen molar-refractivity contribution >= 4 is 12.2 Å². The highest BCUT2D eigenvalue weighted by Gasteiger charge is 2.39. The molecule has 0 spiro atoms. The van der Waals surface area contributed by atoms with Crippen LogP contribution in [0.1, 0.15) is 74.1 Å². The molecular weight excluding hydrogens is 262 g/mol. The number of amides is 1. The summed E-state index contributed by atoms with van der Waals surface area (Å²) in [6.07, 6.45) is 4.63. The molecule has 0 saturated carbocycles. The van der Waals surface area contributed by atoms with Gasteiger partial charge in [-0.3, -0.25) is 4.79 Å². The van der Waals surface area contributed by atoms with Gasteiger partial charge in [-0.1, -0.05) is 61.3 Å². The van der Waals surface area contributed by atoms with E-state index in [1.165, 1.54) is 0 Å². The quantitative estimate of drug-likeness (QED) is 0.614. The molecule has 0 rings (SSSR count). The van der Waals surface area contributed by atoms with Gasteiger partial charge in [0, 0.05) is 11.8 Å². The Morgan fingerprint density at radius 3 is 2.00 bits per heavy atom. The number of carbonyl (C=O) groups is 2. The van der Waals surface area contributed by atoms with Gasteiger partial charge in [0.1, 0.15) is 6.29 Å². The Morgan fingerprint density at radius 1 is 1.14 bits per heavy atom. The summed E-state index contributed by atoms with van der Waals surface area (Å²) in [7, 11) is 0. The molecule has 0 fully saturated rings. The molecule has 0 heterocycles. The molecule has 3 nitrogen and oxygen atoms in total. The average molecular weight is 297 g/mol. The Labute approximate surface area is 131 Å².